The summed E-state index contributed by atoms with van der Waals surface area (Å²) in [5, 5.41) is 6.98. The van der Waals surface area contributed by atoms with Gasteiger partial charge in [-0.25, -0.2) is 0 Å². The fraction of sp³-hybridized carbons (Fsp3) is 0.304. The Kier molecular flexibility index (Phi) is 4.90. The number of hydrogen-bond acceptors (Lipinski definition) is 2. The van der Waals surface area contributed by atoms with Gasteiger partial charge in [0.1, 0.15) is 6.04 Å². The van der Waals surface area contributed by atoms with Crippen LogP contribution < -0.4 is 10.6 Å². The Bertz CT molecular complexity index is 989. The molecule has 1 aliphatic carbocycles. The van der Waals surface area contributed by atoms with Gasteiger partial charge in [-0.05, 0) is 30.0 Å². The van der Waals surface area contributed by atoms with Crippen LogP contribution in [0.25, 0.3) is 10.9 Å². The van der Waals surface area contributed by atoms with E-state index in [2.05, 4.69) is 27.8 Å². The summed E-state index contributed by atoms with van der Waals surface area (Å²) >= 11 is 0. The van der Waals surface area contributed by atoms with E-state index in [9.17, 15) is 9.59 Å². The van der Waals surface area contributed by atoms with Crippen LogP contribution in [0.15, 0.2) is 60.8 Å². The Hall–Kier alpha value is -3.08. The molecule has 2 aromatic carbocycles. The van der Waals surface area contributed by atoms with Crippen molar-refractivity contribution in [3.63, 3.8) is 0 Å². The predicted molar refractivity (Wildman–Crippen MR) is 110 cm³/mol. The van der Waals surface area contributed by atoms with Crippen LogP contribution >= 0.6 is 0 Å². The summed E-state index contributed by atoms with van der Waals surface area (Å²) in [6.45, 7) is 2.04. The van der Waals surface area contributed by atoms with Gasteiger partial charge < -0.3 is 15.6 Å². The molecule has 0 aliphatic heterocycles. The van der Waals surface area contributed by atoms with Crippen LogP contribution in [0.4, 0.5) is 0 Å². The van der Waals surface area contributed by atoms with Crippen LogP contribution in [0.5, 0.6) is 0 Å². The quantitative estimate of drug-likeness (QED) is 0.594. The summed E-state index contributed by atoms with van der Waals surface area (Å²) in [7, 11) is 0. The second-order valence-electron chi connectivity index (χ2n) is 7.68. The molecule has 3 aromatic rings. The summed E-state index contributed by atoms with van der Waals surface area (Å²) < 4.78 is 0. The molecule has 1 fully saturated rings. The molecular weight excluding hydrogens is 350 g/mol. The van der Waals surface area contributed by atoms with Crippen LogP contribution in [0.1, 0.15) is 30.9 Å². The molecule has 0 saturated heterocycles. The SMILES string of the molecule is CC(=O)NC(Cc1c[nH]c2ccccc12)C(=O)NCC1(c2ccccc2)CC1. The molecule has 0 spiro atoms. The molecule has 1 unspecified atom stereocenters. The molecule has 1 saturated carbocycles. The molecular formula is C23H25N3O2. The molecule has 2 amide bonds. The highest BCUT2D eigenvalue weighted by atomic mass is 16.2. The third kappa shape index (κ3) is 3.79. The maximum absolute atomic E-state index is 12.9. The minimum Gasteiger partial charge on any atom is -0.361 e. The van der Waals surface area contributed by atoms with Gasteiger partial charge in [0.15, 0.2) is 0 Å². The second kappa shape index (κ2) is 7.50. The smallest absolute Gasteiger partial charge is 0.242 e. The monoisotopic (exact) mass is 375 g/mol. The number of amides is 2. The zero-order chi connectivity index (χ0) is 19.6. The number of benzene rings is 2. The molecule has 1 atom stereocenters. The Morgan fingerprint density at radius 1 is 1.07 bits per heavy atom. The normalized spacial score (nSPS) is 15.8. The van der Waals surface area contributed by atoms with E-state index in [-0.39, 0.29) is 17.2 Å². The average Bonchev–Trinajstić information content (AvgIpc) is 3.40. The van der Waals surface area contributed by atoms with Crippen LogP contribution in [0, 0.1) is 0 Å². The fourth-order valence-electron chi connectivity index (χ4n) is 3.86. The third-order valence-corrected chi connectivity index (χ3v) is 5.63. The summed E-state index contributed by atoms with van der Waals surface area (Å²) in [5.41, 5.74) is 3.36. The zero-order valence-corrected chi connectivity index (χ0v) is 16.0. The largest absolute Gasteiger partial charge is 0.361 e. The van der Waals surface area contributed by atoms with E-state index in [0.29, 0.717) is 13.0 Å². The third-order valence-electron chi connectivity index (χ3n) is 5.63. The maximum Gasteiger partial charge on any atom is 0.242 e. The summed E-state index contributed by atoms with van der Waals surface area (Å²) in [6.07, 6.45) is 4.52. The van der Waals surface area contributed by atoms with Crippen molar-refractivity contribution in [3.8, 4) is 0 Å². The molecule has 1 aromatic heterocycles. The highest BCUT2D eigenvalue weighted by Crippen LogP contribution is 2.47. The van der Waals surface area contributed by atoms with Crippen molar-refractivity contribution in [2.45, 2.75) is 37.6 Å². The number of carbonyl (C=O) groups excluding carboxylic acids is 2. The number of para-hydroxylation sites is 1. The van der Waals surface area contributed by atoms with E-state index in [1.807, 2.05) is 48.7 Å². The van der Waals surface area contributed by atoms with Gasteiger partial charge in [0.05, 0.1) is 0 Å². The molecule has 144 valence electrons. The Balaban J connectivity index is 1.46. The lowest BCUT2D eigenvalue weighted by Gasteiger charge is -2.21. The van der Waals surface area contributed by atoms with Crippen LogP contribution in [0.2, 0.25) is 0 Å². The maximum atomic E-state index is 12.9. The molecule has 5 nitrogen and oxygen atoms in total. The van der Waals surface area contributed by atoms with Crippen molar-refractivity contribution in [2.24, 2.45) is 0 Å². The first-order chi connectivity index (χ1) is 13.6. The van der Waals surface area contributed by atoms with Gasteiger partial charge in [0.25, 0.3) is 0 Å². The molecule has 4 rings (SSSR count). The number of aromatic nitrogens is 1. The van der Waals surface area contributed by atoms with Gasteiger partial charge in [0, 0.05) is 42.4 Å². The molecule has 3 N–H and O–H groups in total. The first-order valence-electron chi connectivity index (χ1n) is 9.73. The lowest BCUT2D eigenvalue weighted by atomic mass is 9.95. The van der Waals surface area contributed by atoms with Gasteiger partial charge in [-0.15, -0.1) is 0 Å². The lowest BCUT2D eigenvalue weighted by Crippen LogP contribution is -2.48. The summed E-state index contributed by atoms with van der Waals surface area (Å²) in [5.74, 6) is -0.341. The lowest BCUT2D eigenvalue weighted by molar-refractivity contribution is -0.128. The van der Waals surface area contributed by atoms with Crippen LogP contribution in [0.3, 0.4) is 0 Å². The molecule has 28 heavy (non-hydrogen) atoms. The number of carbonyl (C=O) groups is 2. The van der Waals surface area contributed by atoms with Gasteiger partial charge in [-0.2, -0.15) is 0 Å². The van der Waals surface area contributed by atoms with E-state index in [1.165, 1.54) is 12.5 Å². The molecule has 1 heterocycles. The second-order valence-corrected chi connectivity index (χ2v) is 7.68. The number of aromatic amines is 1. The van der Waals surface area contributed by atoms with Gasteiger partial charge in [-0.3, -0.25) is 9.59 Å². The minimum absolute atomic E-state index is 0.0402. The van der Waals surface area contributed by atoms with Crippen molar-refractivity contribution in [3.05, 3.63) is 71.9 Å². The molecule has 5 heteroatoms. The number of nitrogens with one attached hydrogen (secondary N) is 3. The zero-order valence-electron chi connectivity index (χ0n) is 16.0. The predicted octanol–water partition coefficient (Wildman–Crippen LogP) is 3.06. The molecule has 0 radical (unpaired) electrons. The van der Waals surface area contributed by atoms with Crippen LogP contribution in [-0.2, 0) is 21.4 Å². The average molecular weight is 375 g/mol. The highest BCUT2D eigenvalue weighted by Gasteiger charge is 2.44. The van der Waals surface area contributed by atoms with E-state index >= 15 is 0 Å². The molecule has 1 aliphatic rings. The number of fused-ring (bicyclic) bond motifs is 1. The first kappa shape index (κ1) is 18.3. The topological polar surface area (TPSA) is 74.0 Å². The van der Waals surface area contributed by atoms with Gasteiger partial charge >= 0.3 is 0 Å². The number of hydrogen-bond donors (Lipinski definition) is 3. The van der Waals surface area contributed by atoms with Crippen molar-refractivity contribution in [1.29, 1.82) is 0 Å². The van der Waals surface area contributed by atoms with Crippen molar-refractivity contribution in [2.75, 3.05) is 6.54 Å². The van der Waals surface area contributed by atoms with Crippen molar-refractivity contribution in [1.82, 2.24) is 15.6 Å². The number of rotatable bonds is 7. The van der Waals surface area contributed by atoms with E-state index < -0.39 is 6.04 Å². The number of H-pyrrole nitrogens is 1. The highest BCUT2D eigenvalue weighted by molar-refractivity contribution is 5.89. The van der Waals surface area contributed by atoms with Crippen LogP contribution in [-0.4, -0.2) is 29.4 Å². The van der Waals surface area contributed by atoms with E-state index in [0.717, 1.165) is 29.3 Å². The van der Waals surface area contributed by atoms with E-state index in [4.69, 9.17) is 0 Å². The Morgan fingerprint density at radius 2 is 1.79 bits per heavy atom. The van der Waals surface area contributed by atoms with Gasteiger partial charge in [0.2, 0.25) is 11.8 Å². The Morgan fingerprint density at radius 3 is 2.50 bits per heavy atom. The van der Waals surface area contributed by atoms with Crippen molar-refractivity contribution >= 4 is 22.7 Å². The summed E-state index contributed by atoms with van der Waals surface area (Å²) in [4.78, 5) is 27.8. The fourth-order valence-corrected chi connectivity index (χ4v) is 3.86. The van der Waals surface area contributed by atoms with Gasteiger partial charge in [-0.1, -0.05) is 48.5 Å². The van der Waals surface area contributed by atoms with E-state index in [1.54, 1.807) is 0 Å². The molecule has 0 bridgehead atoms. The van der Waals surface area contributed by atoms with Crippen molar-refractivity contribution < 1.29 is 9.59 Å². The first-order valence-corrected chi connectivity index (χ1v) is 9.73. The summed E-state index contributed by atoms with van der Waals surface area (Å²) in [6, 6.07) is 17.7. The minimum atomic E-state index is -0.594. The Labute approximate surface area is 164 Å². The standard InChI is InChI=1S/C23H25N3O2/c1-16(27)26-21(13-17-14-24-20-10-6-5-9-19(17)20)22(28)25-15-23(11-12-23)18-7-3-2-4-8-18/h2-10,14,21,24H,11-13,15H2,1H3,(H,25,28)(H,26,27).